The van der Waals surface area contributed by atoms with E-state index in [2.05, 4.69) is 24.0 Å². The van der Waals surface area contributed by atoms with Crippen LogP contribution in [0.3, 0.4) is 0 Å². The summed E-state index contributed by atoms with van der Waals surface area (Å²) in [6.07, 6.45) is 5.78. The molecule has 88 valence electrons. The first-order valence-electron chi connectivity index (χ1n) is 6.27. The normalized spacial score (nSPS) is 42.0. The molecule has 2 atom stereocenters. The Morgan fingerprint density at radius 2 is 2.00 bits per heavy atom. The zero-order chi connectivity index (χ0) is 10.7. The molecule has 2 rings (SSSR count). The van der Waals surface area contributed by atoms with Gasteiger partial charge in [-0.05, 0) is 44.6 Å². The zero-order valence-corrected chi connectivity index (χ0v) is 10.4. The fourth-order valence-electron chi connectivity index (χ4n) is 2.64. The van der Waals surface area contributed by atoms with Crippen molar-refractivity contribution in [1.29, 1.82) is 0 Å². The molecule has 0 amide bonds. The molecular formula is C12H23NOS. The number of hydrogen-bond donors (Lipinski definition) is 2. The standard InChI is InChI=1S/C12H23NOS/c1-9-6-11(8-15-9)13-7-10-2-4-12(14)5-3-10/h9-14H,2-8H2,1H3. The summed E-state index contributed by atoms with van der Waals surface area (Å²) in [5.41, 5.74) is 0. The Bertz CT molecular complexity index is 192. The first kappa shape index (κ1) is 11.7. The van der Waals surface area contributed by atoms with Gasteiger partial charge in [0.05, 0.1) is 6.10 Å². The molecule has 15 heavy (non-hydrogen) atoms. The molecule has 2 fully saturated rings. The molecule has 0 spiro atoms. The SMILES string of the molecule is CC1CC(NCC2CCC(O)CC2)CS1. The number of aliphatic hydroxyl groups is 1. The van der Waals surface area contributed by atoms with Crippen LogP contribution in [0, 0.1) is 5.92 Å². The Kier molecular flexibility index (Phi) is 4.35. The van der Waals surface area contributed by atoms with Gasteiger partial charge in [-0.2, -0.15) is 11.8 Å². The van der Waals surface area contributed by atoms with E-state index in [1.165, 1.54) is 31.6 Å². The summed E-state index contributed by atoms with van der Waals surface area (Å²) < 4.78 is 0. The van der Waals surface area contributed by atoms with Crippen LogP contribution in [0.25, 0.3) is 0 Å². The minimum atomic E-state index is -0.0108. The maximum Gasteiger partial charge on any atom is 0.0540 e. The summed E-state index contributed by atoms with van der Waals surface area (Å²) >= 11 is 2.09. The predicted octanol–water partition coefficient (Wildman–Crippen LogP) is 2.02. The fourth-order valence-corrected chi connectivity index (χ4v) is 3.82. The Balaban J connectivity index is 1.61. The predicted molar refractivity (Wildman–Crippen MR) is 66.3 cm³/mol. The second-order valence-corrected chi connectivity index (χ2v) is 6.63. The number of rotatable bonds is 3. The molecule has 1 aliphatic heterocycles. The van der Waals surface area contributed by atoms with Crippen LogP contribution in [-0.4, -0.2) is 34.8 Å². The van der Waals surface area contributed by atoms with Crippen LogP contribution in [0.1, 0.15) is 39.0 Å². The maximum atomic E-state index is 9.42. The van der Waals surface area contributed by atoms with Gasteiger partial charge in [0.1, 0.15) is 0 Å². The largest absolute Gasteiger partial charge is 0.393 e. The molecule has 1 heterocycles. The van der Waals surface area contributed by atoms with Crippen LogP contribution < -0.4 is 5.32 Å². The number of hydrogen-bond acceptors (Lipinski definition) is 3. The minimum absolute atomic E-state index is 0.0108. The van der Waals surface area contributed by atoms with Crippen molar-refractivity contribution in [3.8, 4) is 0 Å². The third kappa shape index (κ3) is 3.65. The van der Waals surface area contributed by atoms with Gasteiger partial charge in [-0.15, -0.1) is 0 Å². The van der Waals surface area contributed by atoms with Crippen LogP contribution in [0.2, 0.25) is 0 Å². The van der Waals surface area contributed by atoms with Crippen molar-refractivity contribution in [1.82, 2.24) is 5.32 Å². The van der Waals surface area contributed by atoms with E-state index in [0.29, 0.717) is 0 Å². The van der Waals surface area contributed by atoms with Crippen molar-refractivity contribution < 1.29 is 5.11 Å². The van der Waals surface area contributed by atoms with Crippen molar-refractivity contribution in [2.75, 3.05) is 12.3 Å². The number of aliphatic hydroxyl groups excluding tert-OH is 1. The summed E-state index contributed by atoms with van der Waals surface area (Å²) in [6, 6.07) is 0.747. The van der Waals surface area contributed by atoms with E-state index in [9.17, 15) is 5.11 Å². The maximum absolute atomic E-state index is 9.42. The van der Waals surface area contributed by atoms with Crippen LogP contribution in [0.5, 0.6) is 0 Å². The molecule has 0 aromatic rings. The van der Waals surface area contributed by atoms with Gasteiger partial charge in [0, 0.05) is 17.0 Å². The van der Waals surface area contributed by atoms with Crippen molar-refractivity contribution in [3.63, 3.8) is 0 Å². The van der Waals surface area contributed by atoms with Gasteiger partial charge in [0.15, 0.2) is 0 Å². The molecule has 2 N–H and O–H groups in total. The van der Waals surface area contributed by atoms with Crippen molar-refractivity contribution in [3.05, 3.63) is 0 Å². The van der Waals surface area contributed by atoms with Gasteiger partial charge in [0.25, 0.3) is 0 Å². The lowest BCUT2D eigenvalue weighted by atomic mass is 9.87. The molecule has 0 radical (unpaired) electrons. The lowest BCUT2D eigenvalue weighted by molar-refractivity contribution is 0.108. The quantitative estimate of drug-likeness (QED) is 0.776. The summed E-state index contributed by atoms with van der Waals surface area (Å²) in [4.78, 5) is 0. The van der Waals surface area contributed by atoms with Crippen LogP contribution in [-0.2, 0) is 0 Å². The summed E-state index contributed by atoms with van der Waals surface area (Å²) in [5, 5.41) is 14.0. The Morgan fingerprint density at radius 1 is 1.27 bits per heavy atom. The first-order chi connectivity index (χ1) is 7.24. The van der Waals surface area contributed by atoms with E-state index in [1.807, 2.05) is 0 Å². The van der Waals surface area contributed by atoms with Crippen LogP contribution >= 0.6 is 11.8 Å². The second kappa shape index (κ2) is 5.55. The smallest absolute Gasteiger partial charge is 0.0540 e. The van der Waals surface area contributed by atoms with Crippen molar-refractivity contribution in [2.45, 2.75) is 56.4 Å². The molecule has 1 saturated carbocycles. The van der Waals surface area contributed by atoms with Gasteiger partial charge in [-0.1, -0.05) is 6.92 Å². The third-order valence-corrected chi connectivity index (χ3v) is 5.07. The average Bonchev–Trinajstić information content (AvgIpc) is 2.64. The average molecular weight is 229 g/mol. The van der Waals surface area contributed by atoms with Crippen molar-refractivity contribution >= 4 is 11.8 Å². The molecule has 0 aromatic heterocycles. The number of thioether (sulfide) groups is 1. The van der Waals surface area contributed by atoms with Crippen molar-refractivity contribution in [2.24, 2.45) is 5.92 Å². The number of nitrogens with one attached hydrogen (secondary N) is 1. The molecular weight excluding hydrogens is 206 g/mol. The molecule has 0 aromatic carbocycles. The van der Waals surface area contributed by atoms with Gasteiger partial charge < -0.3 is 10.4 Å². The first-order valence-corrected chi connectivity index (χ1v) is 7.32. The Hall–Kier alpha value is 0.270. The van der Waals surface area contributed by atoms with Gasteiger partial charge in [0.2, 0.25) is 0 Å². The molecule has 2 unspecified atom stereocenters. The van der Waals surface area contributed by atoms with Gasteiger partial charge in [-0.3, -0.25) is 0 Å². The lowest BCUT2D eigenvalue weighted by Gasteiger charge is -2.26. The molecule has 2 aliphatic rings. The summed E-state index contributed by atoms with van der Waals surface area (Å²) in [7, 11) is 0. The van der Waals surface area contributed by atoms with E-state index in [1.54, 1.807) is 0 Å². The Labute approximate surface area is 97.2 Å². The van der Waals surface area contributed by atoms with E-state index >= 15 is 0 Å². The molecule has 2 nitrogen and oxygen atoms in total. The molecule has 1 saturated heterocycles. The summed E-state index contributed by atoms with van der Waals surface area (Å²) in [6.45, 7) is 3.49. The highest BCUT2D eigenvalue weighted by atomic mass is 32.2. The van der Waals surface area contributed by atoms with Gasteiger partial charge in [-0.25, -0.2) is 0 Å². The second-order valence-electron chi connectivity index (χ2n) is 5.16. The van der Waals surface area contributed by atoms with E-state index in [-0.39, 0.29) is 6.10 Å². The topological polar surface area (TPSA) is 32.3 Å². The van der Waals surface area contributed by atoms with E-state index < -0.39 is 0 Å². The minimum Gasteiger partial charge on any atom is -0.393 e. The fraction of sp³-hybridized carbons (Fsp3) is 1.00. The van der Waals surface area contributed by atoms with E-state index in [0.717, 1.165) is 30.1 Å². The van der Waals surface area contributed by atoms with Crippen LogP contribution in [0.4, 0.5) is 0 Å². The highest BCUT2D eigenvalue weighted by Crippen LogP contribution is 2.27. The molecule has 0 bridgehead atoms. The summed E-state index contributed by atoms with van der Waals surface area (Å²) in [5.74, 6) is 2.10. The van der Waals surface area contributed by atoms with Gasteiger partial charge >= 0.3 is 0 Å². The van der Waals surface area contributed by atoms with E-state index in [4.69, 9.17) is 0 Å². The third-order valence-electron chi connectivity index (χ3n) is 3.71. The van der Waals surface area contributed by atoms with Crippen LogP contribution in [0.15, 0.2) is 0 Å². The highest BCUT2D eigenvalue weighted by Gasteiger charge is 2.24. The highest BCUT2D eigenvalue weighted by molar-refractivity contribution is 8.00. The lowest BCUT2D eigenvalue weighted by Crippen LogP contribution is -2.35. The molecule has 3 heteroatoms. The zero-order valence-electron chi connectivity index (χ0n) is 9.61. The monoisotopic (exact) mass is 229 g/mol. The molecule has 1 aliphatic carbocycles. The Morgan fingerprint density at radius 3 is 2.60 bits per heavy atom.